The van der Waals surface area contributed by atoms with Crippen LogP contribution in [0.2, 0.25) is 0 Å². The molecular formula is C46H33N. The largest absolute Gasteiger partial charge is 0.247 e. The summed E-state index contributed by atoms with van der Waals surface area (Å²) in [5.74, 6) is 0.355. The van der Waals surface area contributed by atoms with Gasteiger partial charge < -0.3 is 0 Å². The molecule has 0 aliphatic heterocycles. The van der Waals surface area contributed by atoms with Crippen LogP contribution in [0.5, 0.6) is 0 Å². The van der Waals surface area contributed by atoms with Crippen LogP contribution in [0.1, 0.15) is 36.5 Å². The molecule has 0 bridgehead atoms. The number of benzene rings is 6. The summed E-state index contributed by atoms with van der Waals surface area (Å²) in [5.41, 5.74) is 18.6. The third kappa shape index (κ3) is 4.20. The van der Waals surface area contributed by atoms with Gasteiger partial charge in [0.1, 0.15) is 0 Å². The maximum atomic E-state index is 5.36. The van der Waals surface area contributed by atoms with Gasteiger partial charge >= 0.3 is 0 Å². The van der Waals surface area contributed by atoms with Crippen LogP contribution in [0, 0.1) is 0 Å². The molecule has 2 aliphatic rings. The summed E-state index contributed by atoms with van der Waals surface area (Å²) in [6.07, 6.45) is 8.60. The van der Waals surface area contributed by atoms with E-state index in [4.69, 9.17) is 4.98 Å². The third-order valence-corrected chi connectivity index (χ3v) is 10.0. The van der Waals surface area contributed by atoms with E-state index in [1.807, 2.05) is 0 Å². The van der Waals surface area contributed by atoms with E-state index in [2.05, 4.69) is 172 Å². The molecule has 0 radical (unpaired) electrons. The average molecular weight is 600 g/mol. The first-order chi connectivity index (χ1) is 23.2. The second kappa shape index (κ2) is 10.9. The van der Waals surface area contributed by atoms with Crippen LogP contribution >= 0.6 is 0 Å². The van der Waals surface area contributed by atoms with Crippen molar-refractivity contribution in [3.05, 3.63) is 168 Å². The number of nitrogens with zero attached hydrogens (tertiary/aromatic N) is 1. The smallest absolute Gasteiger partial charge is 0.0750 e. The molecule has 1 nitrogen and oxygen atoms in total. The third-order valence-electron chi connectivity index (χ3n) is 10.0. The molecule has 2 aliphatic carbocycles. The zero-order valence-electron chi connectivity index (χ0n) is 26.5. The molecule has 0 saturated heterocycles. The zero-order chi connectivity index (χ0) is 31.5. The summed E-state index contributed by atoms with van der Waals surface area (Å²) < 4.78 is 0. The Morgan fingerprint density at radius 3 is 2.04 bits per heavy atom. The molecule has 9 rings (SSSR count). The highest BCUT2D eigenvalue weighted by Gasteiger charge is 2.31. The Morgan fingerprint density at radius 1 is 0.532 bits per heavy atom. The lowest BCUT2D eigenvalue weighted by Gasteiger charge is -2.19. The van der Waals surface area contributed by atoms with Crippen LogP contribution in [-0.2, 0) is 0 Å². The molecule has 0 spiro atoms. The van der Waals surface area contributed by atoms with Gasteiger partial charge in [-0.15, -0.1) is 0 Å². The number of aromatic nitrogens is 1. The van der Waals surface area contributed by atoms with Gasteiger partial charge in [-0.05, 0) is 91.0 Å². The van der Waals surface area contributed by atoms with E-state index < -0.39 is 0 Å². The molecule has 0 N–H and O–H groups in total. The normalized spacial score (nSPS) is 14.2. The Morgan fingerprint density at radius 2 is 1.23 bits per heavy atom. The average Bonchev–Trinajstić information content (AvgIpc) is 3.61. The van der Waals surface area contributed by atoms with Crippen molar-refractivity contribution in [3.63, 3.8) is 0 Å². The first kappa shape index (κ1) is 27.5. The Hall–Kier alpha value is -5.79. The molecule has 1 aromatic heterocycles. The van der Waals surface area contributed by atoms with Crippen LogP contribution < -0.4 is 0 Å². The Balaban J connectivity index is 1.34. The van der Waals surface area contributed by atoms with Crippen molar-refractivity contribution in [1.82, 2.24) is 4.98 Å². The summed E-state index contributed by atoms with van der Waals surface area (Å²) in [7, 11) is 0. The highest BCUT2D eigenvalue weighted by molar-refractivity contribution is 6.24. The van der Waals surface area contributed by atoms with Gasteiger partial charge in [0, 0.05) is 17.0 Å². The summed E-state index contributed by atoms with van der Waals surface area (Å²) in [6.45, 7) is 4.35. The molecule has 6 aromatic carbocycles. The fraction of sp³-hybridized carbons (Fsp3) is 0.0652. The Bertz CT molecular complexity index is 2410. The van der Waals surface area contributed by atoms with Crippen molar-refractivity contribution in [2.24, 2.45) is 0 Å². The zero-order valence-corrected chi connectivity index (χ0v) is 26.5. The molecule has 1 heteroatoms. The SMILES string of the molecule is C/C=C\C=C/c1cc(-c2ccccc2)c2c(c1-c1ccccc1)-c1cccc3c(-c4ccc5c(n4)-c4ccccc4C5C)ccc-2c13. The van der Waals surface area contributed by atoms with E-state index in [0.717, 1.165) is 11.4 Å². The van der Waals surface area contributed by atoms with Crippen LogP contribution in [0.3, 0.4) is 0 Å². The predicted molar refractivity (Wildman–Crippen MR) is 199 cm³/mol. The van der Waals surface area contributed by atoms with Gasteiger partial charge in [-0.25, -0.2) is 4.98 Å². The van der Waals surface area contributed by atoms with Gasteiger partial charge in [0.2, 0.25) is 0 Å². The molecule has 1 heterocycles. The molecule has 47 heavy (non-hydrogen) atoms. The molecule has 0 amide bonds. The Labute approximate surface area is 276 Å². The van der Waals surface area contributed by atoms with E-state index >= 15 is 0 Å². The number of allylic oxidation sites excluding steroid dienone is 3. The van der Waals surface area contributed by atoms with Gasteiger partial charge in [-0.1, -0.05) is 153 Å². The standard InChI is InChI=1S/C46H33N/c1-3-4-7-19-32-28-40(30-15-8-5-9-16-30)44-39-25-24-35(41-27-26-34-29(2)33-20-12-13-21-37(33)46(34)47-41)36-22-14-23-38(43(36)39)45(44)42(32)31-17-10-6-11-18-31/h3-29H,1-2H3/b4-3-,19-7-. The number of hydrogen-bond acceptors (Lipinski definition) is 1. The summed E-state index contributed by atoms with van der Waals surface area (Å²) >= 11 is 0. The lowest BCUT2D eigenvalue weighted by Crippen LogP contribution is -1.93. The van der Waals surface area contributed by atoms with Crippen molar-refractivity contribution in [2.45, 2.75) is 19.8 Å². The van der Waals surface area contributed by atoms with Crippen LogP contribution in [-0.4, -0.2) is 4.98 Å². The van der Waals surface area contributed by atoms with E-state index in [0.29, 0.717) is 5.92 Å². The lowest BCUT2D eigenvalue weighted by atomic mass is 9.84. The van der Waals surface area contributed by atoms with E-state index in [1.165, 1.54) is 83.1 Å². The maximum Gasteiger partial charge on any atom is 0.0750 e. The fourth-order valence-corrected chi connectivity index (χ4v) is 7.91. The molecule has 0 fully saturated rings. The van der Waals surface area contributed by atoms with Gasteiger partial charge in [0.05, 0.1) is 11.4 Å². The van der Waals surface area contributed by atoms with Crippen molar-refractivity contribution in [3.8, 4) is 67.0 Å². The Kier molecular flexibility index (Phi) is 6.40. The quantitative estimate of drug-likeness (QED) is 0.179. The topological polar surface area (TPSA) is 12.9 Å². The first-order valence-electron chi connectivity index (χ1n) is 16.5. The number of pyridine rings is 1. The second-order valence-electron chi connectivity index (χ2n) is 12.6. The minimum Gasteiger partial charge on any atom is -0.247 e. The molecule has 1 atom stereocenters. The maximum absolute atomic E-state index is 5.36. The molecule has 7 aromatic rings. The molecule has 1 unspecified atom stereocenters. The lowest BCUT2D eigenvalue weighted by molar-refractivity contribution is 0.952. The molecular weight excluding hydrogens is 567 g/mol. The van der Waals surface area contributed by atoms with Gasteiger partial charge in [-0.3, -0.25) is 0 Å². The monoisotopic (exact) mass is 599 g/mol. The minimum atomic E-state index is 0.355. The van der Waals surface area contributed by atoms with Crippen LogP contribution in [0.25, 0.3) is 83.9 Å². The van der Waals surface area contributed by atoms with E-state index in [-0.39, 0.29) is 0 Å². The predicted octanol–water partition coefficient (Wildman–Crippen LogP) is 12.6. The summed E-state index contributed by atoms with van der Waals surface area (Å²) in [5, 5.41) is 2.55. The van der Waals surface area contributed by atoms with Crippen LogP contribution in [0.4, 0.5) is 0 Å². The number of rotatable bonds is 5. The van der Waals surface area contributed by atoms with Gasteiger partial charge in [-0.2, -0.15) is 0 Å². The van der Waals surface area contributed by atoms with Crippen LogP contribution in [0.15, 0.2) is 152 Å². The van der Waals surface area contributed by atoms with Crippen molar-refractivity contribution in [1.29, 1.82) is 0 Å². The molecule has 222 valence electrons. The number of hydrogen-bond donors (Lipinski definition) is 0. The van der Waals surface area contributed by atoms with Crippen molar-refractivity contribution >= 4 is 16.8 Å². The highest BCUT2D eigenvalue weighted by atomic mass is 14.7. The van der Waals surface area contributed by atoms with E-state index in [9.17, 15) is 0 Å². The van der Waals surface area contributed by atoms with Crippen molar-refractivity contribution < 1.29 is 0 Å². The summed E-state index contributed by atoms with van der Waals surface area (Å²) in [4.78, 5) is 5.36. The fourth-order valence-electron chi connectivity index (χ4n) is 7.91. The molecule has 0 saturated carbocycles. The summed E-state index contributed by atoms with van der Waals surface area (Å²) in [6, 6.07) is 48.8. The first-order valence-corrected chi connectivity index (χ1v) is 16.5. The van der Waals surface area contributed by atoms with Gasteiger partial charge in [0.25, 0.3) is 0 Å². The van der Waals surface area contributed by atoms with Crippen molar-refractivity contribution in [2.75, 3.05) is 0 Å². The second-order valence-corrected chi connectivity index (χ2v) is 12.6. The highest BCUT2D eigenvalue weighted by Crippen LogP contribution is 2.57. The van der Waals surface area contributed by atoms with Gasteiger partial charge in [0.15, 0.2) is 0 Å². The number of fused-ring (bicyclic) bond motifs is 6. The van der Waals surface area contributed by atoms with E-state index in [1.54, 1.807) is 0 Å². The minimum absolute atomic E-state index is 0.355.